The van der Waals surface area contributed by atoms with E-state index in [1.165, 1.54) is 11.1 Å². The molecule has 0 spiro atoms. The summed E-state index contributed by atoms with van der Waals surface area (Å²) in [5, 5.41) is 0. The normalized spacial score (nSPS) is 16.7. The third-order valence-corrected chi connectivity index (χ3v) is 5.82. The molecule has 29 heavy (non-hydrogen) atoms. The number of imidazole rings is 1. The second kappa shape index (κ2) is 8.27. The maximum atomic E-state index is 12.0. The number of amides is 1. The largest absolute Gasteiger partial charge is 0.493 e. The Bertz CT molecular complexity index is 1000. The number of likely N-dealkylation sites (tertiary alicyclic amines) is 1. The SMILES string of the molecule is Cc1cccc(C)c1OCCCCn1c(C2CC(=O)N(C)C2)nc2ccccc21. The Kier molecular flexibility index (Phi) is 5.56. The number of unbranched alkanes of at least 4 members (excludes halogenated alkanes) is 1. The van der Waals surface area contributed by atoms with Gasteiger partial charge < -0.3 is 14.2 Å². The van der Waals surface area contributed by atoms with Crippen molar-refractivity contribution in [2.45, 2.75) is 45.6 Å². The van der Waals surface area contributed by atoms with Crippen LogP contribution in [-0.4, -0.2) is 40.6 Å². The molecule has 1 unspecified atom stereocenters. The van der Waals surface area contributed by atoms with Gasteiger partial charge in [-0.05, 0) is 49.9 Å². The second-order valence-electron chi connectivity index (χ2n) is 8.06. The van der Waals surface area contributed by atoms with Gasteiger partial charge in [-0.1, -0.05) is 30.3 Å². The van der Waals surface area contributed by atoms with Crippen LogP contribution in [0.3, 0.4) is 0 Å². The molecule has 1 saturated heterocycles. The molecule has 0 N–H and O–H groups in total. The van der Waals surface area contributed by atoms with Crippen LogP contribution in [0.2, 0.25) is 0 Å². The van der Waals surface area contributed by atoms with Crippen LogP contribution in [0.4, 0.5) is 0 Å². The summed E-state index contributed by atoms with van der Waals surface area (Å²) in [5.74, 6) is 2.43. The van der Waals surface area contributed by atoms with E-state index in [1.807, 2.05) is 18.0 Å². The maximum Gasteiger partial charge on any atom is 0.223 e. The van der Waals surface area contributed by atoms with Gasteiger partial charge in [-0.3, -0.25) is 4.79 Å². The van der Waals surface area contributed by atoms with Crippen LogP contribution in [-0.2, 0) is 11.3 Å². The van der Waals surface area contributed by atoms with Crippen molar-refractivity contribution in [3.05, 3.63) is 59.4 Å². The summed E-state index contributed by atoms with van der Waals surface area (Å²) in [7, 11) is 1.88. The molecule has 1 aliphatic heterocycles. The van der Waals surface area contributed by atoms with Crippen molar-refractivity contribution in [2.24, 2.45) is 0 Å². The number of para-hydroxylation sites is 3. The molecule has 2 heterocycles. The van der Waals surface area contributed by atoms with E-state index in [4.69, 9.17) is 9.72 Å². The van der Waals surface area contributed by atoms with Gasteiger partial charge in [0.1, 0.15) is 11.6 Å². The zero-order valence-electron chi connectivity index (χ0n) is 17.5. The second-order valence-corrected chi connectivity index (χ2v) is 8.06. The maximum absolute atomic E-state index is 12.0. The molecule has 5 heteroatoms. The van der Waals surface area contributed by atoms with Crippen LogP contribution >= 0.6 is 0 Å². The third-order valence-electron chi connectivity index (χ3n) is 5.82. The number of likely N-dealkylation sites (N-methyl/N-ethyl adjacent to an activating group) is 1. The summed E-state index contributed by atoms with van der Waals surface area (Å²) in [6.45, 7) is 6.52. The molecule has 1 aromatic heterocycles. The van der Waals surface area contributed by atoms with Crippen molar-refractivity contribution < 1.29 is 9.53 Å². The molecular weight excluding hydrogens is 362 g/mol. The van der Waals surface area contributed by atoms with Crippen LogP contribution in [0.1, 0.15) is 42.1 Å². The van der Waals surface area contributed by atoms with Crippen LogP contribution in [0.25, 0.3) is 11.0 Å². The van der Waals surface area contributed by atoms with E-state index in [0.29, 0.717) is 13.0 Å². The molecular formula is C24H29N3O2. The van der Waals surface area contributed by atoms with E-state index < -0.39 is 0 Å². The molecule has 0 radical (unpaired) electrons. The standard InChI is InChI=1S/C24H29N3O2/c1-17-9-8-10-18(2)23(17)29-14-7-6-13-27-21-12-5-4-11-20(21)25-24(27)19-15-22(28)26(3)16-19/h4-5,8-12,19H,6-7,13-16H2,1-3H3. The summed E-state index contributed by atoms with van der Waals surface area (Å²) < 4.78 is 8.37. The predicted molar refractivity (Wildman–Crippen MR) is 115 cm³/mol. The van der Waals surface area contributed by atoms with Crippen LogP contribution in [0.5, 0.6) is 5.75 Å². The Hall–Kier alpha value is -2.82. The number of hydrogen-bond acceptors (Lipinski definition) is 3. The molecule has 1 aliphatic rings. The number of nitrogens with zero attached hydrogens (tertiary/aromatic N) is 3. The Balaban J connectivity index is 1.43. The molecule has 4 rings (SSSR count). The number of carbonyl (C=O) groups is 1. The first kappa shape index (κ1) is 19.5. The van der Waals surface area contributed by atoms with E-state index in [-0.39, 0.29) is 11.8 Å². The summed E-state index contributed by atoms with van der Waals surface area (Å²) >= 11 is 0. The lowest BCUT2D eigenvalue weighted by Gasteiger charge is -2.15. The topological polar surface area (TPSA) is 47.4 Å². The van der Waals surface area contributed by atoms with Crippen molar-refractivity contribution in [2.75, 3.05) is 20.2 Å². The smallest absolute Gasteiger partial charge is 0.223 e. The number of carbonyl (C=O) groups excluding carboxylic acids is 1. The van der Waals surface area contributed by atoms with Crippen LogP contribution in [0, 0.1) is 13.8 Å². The van der Waals surface area contributed by atoms with Crippen LogP contribution in [0.15, 0.2) is 42.5 Å². The summed E-state index contributed by atoms with van der Waals surface area (Å²) in [5.41, 5.74) is 4.53. The average Bonchev–Trinajstić information content (AvgIpc) is 3.23. The zero-order valence-corrected chi connectivity index (χ0v) is 17.5. The van der Waals surface area contributed by atoms with Crippen molar-refractivity contribution in [1.82, 2.24) is 14.5 Å². The molecule has 5 nitrogen and oxygen atoms in total. The fourth-order valence-corrected chi connectivity index (χ4v) is 4.25. The third kappa shape index (κ3) is 4.00. The molecule has 0 saturated carbocycles. The van der Waals surface area contributed by atoms with Crippen molar-refractivity contribution in [3.8, 4) is 5.75 Å². The highest BCUT2D eigenvalue weighted by atomic mass is 16.5. The van der Waals surface area contributed by atoms with E-state index in [9.17, 15) is 4.79 Å². The van der Waals surface area contributed by atoms with E-state index >= 15 is 0 Å². The first-order valence-electron chi connectivity index (χ1n) is 10.4. The summed E-state index contributed by atoms with van der Waals surface area (Å²) in [6, 6.07) is 14.5. The van der Waals surface area contributed by atoms with E-state index in [2.05, 4.69) is 54.8 Å². The number of benzene rings is 2. The monoisotopic (exact) mass is 391 g/mol. The molecule has 1 atom stereocenters. The Morgan fingerprint density at radius 3 is 2.55 bits per heavy atom. The van der Waals surface area contributed by atoms with Crippen LogP contribution < -0.4 is 4.74 Å². The highest BCUT2D eigenvalue weighted by Gasteiger charge is 2.31. The van der Waals surface area contributed by atoms with Gasteiger partial charge in [-0.25, -0.2) is 4.98 Å². The lowest BCUT2D eigenvalue weighted by molar-refractivity contribution is -0.126. The number of hydrogen-bond donors (Lipinski definition) is 0. The summed E-state index contributed by atoms with van der Waals surface area (Å²) in [6.07, 6.45) is 2.54. The molecule has 152 valence electrons. The van der Waals surface area contributed by atoms with Gasteiger partial charge >= 0.3 is 0 Å². The number of fused-ring (bicyclic) bond motifs is 1. The molecule has 0 bridgehead atoms. The number of aryl methyl sites for hydroxylation is 3. The highest BCUT2D eigenvalue weighted by molar-refractivity contribution is 5.80. The van der Waals surface area contributed by atoms with Crippen molar-refractivity contribution in [3.63, 3.8) is 0 Å². The van der Waals surface area contributed by atoms with Gasteiger partial charge in [-0.2, -0.15) is 0 Å². The van der Waals surface area contributed by atoms with Gasteiger partial charge in [0, 0.05) is 32.5 Å². The van der Waals surface area contributed by atoms with Crippen molar-refractivity contribution in [1.29, 1.82) is 0 Å². The molecule has 2 aromatic carbocycles. The molecule has 1 amide bonds. The minimum absolute atomic E-state index is 0.172. The quantitative estimate of drug-likeness (QED) is 0.559. The first-order chi connectivity index (χ1) is 14.0. The molecule has 3 aromatic rings. The Morgan fingerprint density at radius 2 is 1.83 bits per heavy atom. The predicted octanol–water partition coefficient (Wildman–Crippen LogP) is 4.46. The molecule has 1 fully saturated rings. The van der Waals surface area contributed by atoms with Gasteiger partial charge in [0.15, 0.2) is 0 Å². The highest BCUT2D eigenvalue weighted by Crippen LogP contribution is 2.30. The zero-order chi connectivity index (χ0) is 20.4. The number of ether oxygens (including phenoxy) is 1. The van der Waals surface area contributed by atoms with Gasteiger partial charge in [-0.15, -0.1) is 0 Å². The fraction of sp³-hybridized carbons (Fsp3) is 0.417. The van der Waals surface area contributed by atoms with Gasteiger partial charge in [0.25, 0.3) is 0 Å². The number of aromatic nitrogens is 2. The van der Waals surface area contributed by atoms with Gasteiger partial charge in [0.2, 0.25) is 5.91 Å². The van der Waals surface area contributed by atoms with Gasteiger partial charge in [0.05, 0.1) is 17.6 Å². The van der Waals surface area contributed by atoms with Crippen molar-refractivity contribution >= 4 is 16.9 Å². The lowest BCUT2D eigenvalue weighted by atomic mass is 10.1. The number of rotatable bonds is 7. The summed E-state index contributed by atoms with van der Waals surface area (Å²) in [4.78, 5) is 18.7. The lowest BCUT2D eigenvalue weighted by Crippen LogP contribution is -2.19. The minimum Gasteiger partial charge on any atom is -0.493 e. The Labute approximate surface area is 172 Å². The minimum atomic E-state index is 0.172. The molecule has 0 aliphatic carbocycles. The van der Waals surface area contributed by atoms with E-state index in [1.54, 1.807) is 0 Å². The fourth-order valence-electron chi connectivity index (χ4n) is 4.25. The average molecular weight is 392 g/mol. The Morgan fingerprint density at radius 1 is 1.07 bits per heavy atom. The van der Waals surface area contributed by atoms with E-state index in [0.717, 1.165) is 48.5 Å². The first-order valence-corrected chi connectivity index (χ1v) is 10.4.